The molecule has 1 aromatic carbocycles. The fraction of sp³-hybridized carbons (Fsp3) is 0.375. The zero-order valence-electron chi connectivity index (χ0n) is 19.4. The van der Waals surface area contributed by atoms with Gasteiger partial charge in [0.2, 0.25) is 11.7 Å². The first-order valence-electron chi connectivity index (χ1n) is 11.4. The van der Waals surface area contributed by atoms with Gasteiger partial charge in [-0.15, -0.1) is 0 Å². The van der Waals surface area contributed by atoms with Crippen LogP contribution in [-0.2, 0) is 11.0 Å². The quantitative estimate of drug-likeness (QED) is 0.311. The number of pyridine rings is 1. The molecule has 1 spiro atoms. The third-order valence-electron chi connectivity index (χ3n) is 6.73. The highest BCUT2D eigenvalue weighted by Gasteiger charge is 2.55. The Morgan fingerprint density at radius 1 is 1.00 bits per heavy atom. The standard InChI is InChI=1S/C24H20F5N5O3/c1-13-2-7-16-18(30-13)34(19(31-16)24(27,28)29)15-5-3-14(4-6-15)17(35)12-33-20(36)22(32-21(33)37)8-10-23(25,26)11-9-22/h2-7H,8-12H2,1H3,(H,32,37). The van der Waals surface area contributed by atoms with Crippen LogP contribution in [0.3, 0.4) is 0 Å². The molecule has 5 rings (SSSR count). The van der Waals surface area contributed by atoms with Crippen molar-refractivity contribution in [1.29, 1.82) is 0 Å². The third kappa shape index (κ3) is 4.31. The molecule has 0 radical (unpaired) electrons. The maximum Gasteiger partial charge on any atom is 0.450 e. The van der Waals surface area contributed by atoms with Crippen molar-refractivity contribution in [2.24, 2.45) is 0 Å². The highest BCUT2D eigenvalue weighted by molar-refractivity contribution is 6.11. The van der Waals surface area contributed by atoms with E-state index in [2.05, 4.69) is 15.3 Å². The Morgan fingerprint density at radius 3 is 2.27 bits per heavy atom. The van der Waals surface area contributed by atoms with Gasteiger partial charge >= 0.3 is 12.2 Å². The number of amides is 3. The van der Waals surface area contributed by atoms with Gasteiger partial charge in [-0.3, -0.25) is 19.1 Å². The number of aryl methyl sites for hydroxylation is 1. The molecule has 1 aliphatic heterocycles. The summed E-state index contributed by atoms with van der Waals surface area (Å²) in [6.45, 7) is 0.995. The molecule has 0 atom stereocenters. The Bertz CT molecular complexity index is 1420. The number of nitrogens with one attached hydrogen (secondary N) is 1. The van der Waals surface area contributed by atoms with Crippen LogP contribution in [0.4, 0.5) is 26.7 Å². The lowest BCUT2D eigenvalue weighted by atomic mass is 9.80. The summed E-state index contributed by atoms with van der Waals surface area (Å²) in [5.41, 5.74) is -0.823. The predicted molar refractivity (Wildman–Crippen MR) is 119 cm³/mol. The summed E-state index contributed by atoms with van der Waals surface area (Å²) in [6, 6.07) is 7.24. The molecule has 8 nitrogen and oxygen atoms in total. The number of nitrogens with zero attached hydrogens (tertiary/aromatic N) is 4. The van der Waals surface area contributed by atoms with E-state index >= 15 is 0 Å². The highest BCUT2D eigenvalue weighted by atomic mass is 19.4. The SMILES string of the molecule is Cc1ccc2nc(C(F)(F)F)n(-c3ccc(C(=O)CN4C(=O)NC5(CCC(F)(F)CC5)C4=O)cc3)c2n1. The van der Waals surface area contributed by atoms with E-state index in [9.17, 15) is 36.3 Å². The van der Waals surface area contributed by atoms with Gasteiger partial charge in [0.15, 0.2) is 11.4 Å². The fourth-order valence-corrected chi connectivity index (χ4v) is 4.72. The summed E-state index contributed by atoms with van der Waals surface area (Å²) in [7, 11) is 0. The number of benzene rings is 1. The molecule has 1 N–H and O–H groups in total. The van der Waals surface area contributed by atoms with E-state index in [-0.39, 0.29) is 35.3 Å². The lowest BCUT2D eigenvalue weighted by Crippen LogP contribution is -2.51. The third-order valence-corrected chi connectivity index (χ3v) is 6.73. The summed E-state index contributed by atoms with van der Waals surface area (Å²) < 4.78 is 69.0. The van der Waals surface area contributed by atoms with Gasteiger partial charge in [-0.2, -0.15) is 13.2 Å². The van der Waals surface area contributed by atoms with Crippen LogP contribution in [-0.4, -0.2) is 55.2 Å². The molecule has 3 heterocycles. The molecule has 1 saturated carbocycles. The molecule has 1 aliphatic carbocycles. The number of carbonyl (C=O) groups is 3. The summed E-state index contributed by atoms with van der Waals surface area (Å²) >= 11 is 0. The summed E-state index contributed by atoms with van der Waals surface area (Å²) in [4.78, 5) is 46.7. The minimum atomic E-state index is -4.77. The zero-order valence-corrected chi connectivity index (χ0v) is 19.4. The van der Waals surface area contributed by atoms with Crippen molar-refractivity contribution in [2.45, 2.75) is 50.2 Å². The Morgan fingerprint density at radius 2 is 1.65 bits per heavy atom. The van der Waals surface area contributed by atoms with Crippen LogP contribution in [0, 0.1) is 6.92 Å². The normalized spacial score (nSPS) is 19.0. The average Bonchev–Trinajstić information content (AvgIpc) is 3.32. The van der Waals surface area contributed by atoms with Crippen molar-refractivity contribution in [2.75, 3.05) is 6.54 Å². The molecule has 37 heavy (non-hydrogen) atoms. The molecule has 1 saturated heterocycles. The van der Waals surface area contributed by atoms with E-state index < -0.39 is 60.6 Å². The van der Waals surface area contributed by atoms with Gasteiger partial charge < -0.3 is 5.32 Å². The molecular formula is C24H20F5N5O3. The maximum absolute atomic E-state index is 13.7. The Kier molecular flexibility index (Phi) is 5.57. The molecule has 3 aromatic rings. The minimum absolute atomic E-state index is 0.00547. The predicted octanol–water partition coefficient (Wildman–Crippen LogP) is 4.43. The number of hydrogen-bond donors (Lipinski definition) is 1. The van der Waals surface area contributed by atoms with Crippen molar-refractivity contribution >= 4 is 28.9 Å². The monoisotopic (exact) mass is 521 g/mol. The number of imidazole rings is 1. The summed E-state index contributed by atoms with van der Waals surface area (Å²) in [5.74, 6) is -5.47. The molecule has 2 fully saturated rings. The van der Waals surface area contributed by atoms with Gasteiger partial charge in [-0.25, -0.2) is 23.5 Å². The number of fused-ring (bicyclic) bond motifs is 1. The summed E-state index contributed by atoms with van der Waals surface area (Å²) in [5, 5.41) is 2.46. The number of halogens is 5. The van der Waals surface area contributed by atoms with E-state index in [4.69, 9.17) is 0 Å². The van der Waals surface area contributed by atoms with Crippen LogP contribution in [0.1, 0.15) is 47.6 Å². The van der Waals surface area contributed by atoms with E-state index in [0.29, 0.717) is 10.6 Å². The van der Waals surface area contributed by atoms with Crippen LogP contribution in [0.25, 0.3) is 16.9 Å². The number of rotatable bonds is 4. The fourth-order valence-electron chi connectivity index (χ4n) is 4.72. The minimum Gasteiger partial charge on any atom is -0.323 e. The lowest BCUT2D eigenvalue weighted by Gasteiger charge is -2.34. The van der Waals surface area contributed by atoms with Crippen molar-refractivity contribution in [3.8, 4) is 5.69 Å². The number of Topliss-reactive ketones (excluding diaryl/α,β-unsaturated/α-hetero) is 1. The van der Waals surface area contributed by atoms with Crippen molar-refractivity contribution in [3.05, 3.63) is 53.5 Å². The second kappa shape index (κ2) is 8.32. The van der Waals surface area contributed by atoms with Crippen LogP contribution in [0.15, 0.2) is 36.4 Å². The molecule has 2 aromatic heterocycles. The van der Waals surface area contributed by atoms with E-state index in [0.717, 1.165) is 4.57 Å². The number of alkyl halides is 5. The number of aromatic nitrogens is 3. The lowest BCUT2D eigenvalue weighted by molar-refractivity contribution is -0.145. The van der Waals surface area contributed by atoms with E-state index in [1.54, 1.807) is 13.0 Å². The van der Waals surface area contributed by atoms with Gasteiger partial charge in [0.25, 0.3) is 5.91 Å². The molecule has 0 bridgehead atoms. The Hall–Kier alpha value is -3.90. The summed E-state index contributed by atoms with van der Waals surface area (Å²) in [6.07, 6.45) is -6.36. The number of ketones is 1. The van der Waals surface area contributed by atoms with Crippen molar-refractivity contribution in [1.82, 2.24) is 24.8 Å². The number of hydrogen-bond acceptors (Lipinski definition) is 5. The molecule has 194 valence electrons. The maximum atomic E-state index is 13.7. The van der Waals surface area contributed by atoms with Gasteiger partial charge in [-0.1, -0.05) is 0 Å². The highest BCUT2D eigenvalue weighted by Crippen LogP contribution is 2.41. The Balaban J connectivity index is 1.39. The van der Waals surface area contributed by atoms with Crippen LogP contribution in [0.2, 0.25) is 0 Å². The number of urea groups is 1. The van der Waals surface area contributed by atoms with Crippen LogP contribution >= 0.6 is 0 Å². The van der Waals surface area contributed by atoms with Gasteiger partial charge in [0.1, 0.15) is 11.1 Å². The second-order valence-electron chi connectivity index (χ2n) is 9.29. The molecule has 2 aliphatic rings. The Labute approximate surface area is 206 Å². The second-order valence-corrected chi connectivity index (χ2v) is 9.29. The first-order valence-corrected chi connectivity index (χ1v) is 11.4. The van der Waals surface area contributed by atoms with Crippen molar-refractivity contribution in [3.63, 3.8) is 0 Å². The van der Waals surface area contributed by atoms with Crippen molar-refractivity contribution < 1.29 is 36.3 Å². The van der Waals surface area contributed by atoms with Gasteiger partial charge in [0.05, 0.1) is 6.54 Å². The largest absolute Gasteiger partial charge is 0.450 e. The molecular weight excluding hydrogens is 501 g/mol. The molecule has 13 heteroatoms. The smallest absolute Gasteiger partial charge is 0.323 e. The van der Waals surface area contributed by atoms with E-state index in [1.807, 2.05) is 0 Å². The first kappa shape index (κ1) is 24.8. The average molecular weight is 521 g/mol. The van der Waals surface area contributed by atoms with Crippen LogP contribution in [0.5, 0.6) is 0 Å². The number of carbonyl (C=O) groups excluding carboxylic acids is 3. The van der Waals surface area contributed by atoms with Crippen LogP contribution < -0.4 is 5.32 Å². The van der Waals surface area contributed by atoms with E-state index in [1.165, 1.54) is 30.3 Å². The topological polar surface area (TPSA) is 97.2 Å². The number of imide groups is 1. The zero-order chi connectivity index (χ0) is 26.8. The first-order chi connectivity index (χ1) is 17.3. The molecule has 0 unspecified atom stereocenters. The molecule has 3 amide bonds. The van der Waals surface area contributed by atoms with Gasteiger partial charge in [0, 0.05) is 29.8 Å². The van der Waals surface area contributed by atoms with Gasteiger partial charge in [-0.05, 0) is 56.2 Å².